The van der Waals surface area contributed by atoms with E-state index >= 15 is 0 Å². The second-order valence-corrected chi connectivity index (χ2v) is 8.08. The minimum absolute atomic E-state index is 0.434. The second-order valence-electron chi connectivity index (χ2n) is 8.08. The Morgan fingerprint density at radius 2 is 1.09 bits per heavy atom. The van der Waals surface area contributed by atoms with Crippen LogP contribution < -0.4 is 4.90 Å². The monoisotopic (exact) mass is 425 g/mol. The molecule has 1 aliphatic carbocycles. The highest BCUT2D eigenvalue weighted by atomic mass is 16.2. The summed E-state index contributed by atoms with van der Waals surface area (Å²) < 4.78 is 0. The van der Waals surface area contributed by atoms with Crippen molar-refractivity contribution in [1.82, 2.24) is 0 Å². The highest BCUT2D eigenvalue weighted by molar-refractivity contribution is 6.58. The van der Waals surface area contributed by atoms with Crippen molar-refractivity contribution in [1.29, 1.82) is 0 Å². The Kier molecular flexibility index (Phi) is 4.41. The third-order valence-corrected chi connectivity index (χ3v) is 6.16. The van der Waals surface area contributed by atoms with Crippen molar-refractivity contribution in [3.63, 3.8) is 0 Å². The Morgan fingerprint density at radius 3 is 1.70 bits per heavy atom. The Morgan fingerprint density at radius 1 is 0.515 bits per heavy atom. The van der Waals surface area contributed by atoms with Gasteiger partial charge in [0.1, 0.15) is 0 Å². The van der Waals surface area contributed by atoms with E-state index in [1.54, 1.807) is 6.07 Å². The van der Waals surface area contributed by atoms with Gasteiger partial charge in [-0.25, -0.2) is 0 Å². The molecule has 0 saturated carbocycles. The van der Waals surface area contributed by atoms with Crippen molar-refractivity contribution in [2.24, 2.45) is 0 Å². The molecular weight excluding hydrogens is 406 g/mol. The van der Waals surface area contributed by atoms with E-state index in [2.05, 4.69) is 35.2 Å². The minimum atomic E-state index is -0.442. The zero-order valence-corrected chi connectivity index (χ0v) is 17.7. The number of hydrogen-bond donors (Lipinski definition) is 0. The standard InChI is InChI=1S/C30H19NO2/c32-29-24-18-10-13-21-19-25(27(20-11-4-1-5-12-20)28(26(21)24)30(29)33)31(22-14-6-2-7-15-22)23-16-8-3-9-17-23/h1-19H. The number of carbonyl (C=O) groups is 2. The Labute approximate surface area is 191 Å². The van der Waals surface area contributed by atoms with Crippen LogP contribution >= 0.6 is 0 Å². The molecule has 3 heteroatoms. The number of benzene rings is 5. The third kappa shape index (κ3) is 2.98. The van der Waals surface area contributed by atoms with Crippen LogP contribution in [0.3, 0.4) is 0 Å². The molecular formula is C30H19NO2. The smallest absolute Gasteiger partial charge is 0.234 e. The molecule has 0 heterocycles. The molecule has 0 aromatic heterocycles. The maximum atomic E-state index is 13.4. The van der Waals surface area contributed by atoms with Gasteiger partial charge in [-0.3, -0.25) is 9.59 Å². The number of anilines is 3. The van der Waals surface area contributed by atoms with Crippen molar-refractivity contribution in [3.8, 4) is 11.1 Å². The van der Waals surface area contributed by atoms with Gasteiger partial charge in [0.25, 0.3) is 0 Å². The van der Waals surface area contributed by atoms with E-state index < -0.39 is 11.6 Å². The van der Waals surface area contributed by atoms with Crippen LogP contribution in [0.4, 0.5) is 17.1 Å². The van der Waals surface area contributed by atoms with E-state index in [-0.39, 0.29) is 0 Å². The summed E-state index contributed by atoms with van der Waals surface area (Å²) in [5.41, 5.74) is 5.47. The number of rotatable bonds is 4. The van der Waals surface area contributed by atoms with E-state index in [1.165, 1.54) is 0 Å². The SMILES string of the molecule is O=C1C(=O)c2c(-c3ccccc3)c(N(c3ccccc3)c3ccccc3)cc3cccc1c23. The first-order valence-electron chi connectivity index (χ1n) is 10.9. The fraction of sp³-hybridized carbons (Fsp3) is 0. The molecule has 0 aliphatic heterocycles. The predicted octanol–water partition coefficient (Wildman–Crippen LogP) is 7.36. The lowest BCUT2D eigenvalue weighted by molar-refractivity contribution is 0.0825. The van der Waals surface area contributed by atoms with Gasteiger partial charge in [0, 0.05) is 33.5 Å². The molecule has 33 heavy (non-hydrogen) atoms. The highest BCUT2D eigenvalue weighted by Gasteiger charge is 2.35. The number of carbonyl (C=O) groups excluding carboxylic acids is 2. The van der Waals surface area contributed by atoms with Gasteiger partial charge in [0.2, 0.25) is 11.6 Å². The largest absolute Gasteiger partial charge is 0.310 e. The Bertz CT molecular complexity index is 1480. The Hall–Kier alpha value is -4.50. The fourth-order valence-corrected chi connectivity index (χ4v) is 4.75. The van der Waals surface area contributed by atoms with Crippen LogP contribution in [0.5, 0.6) is 0 Å². The van der Waals surface area contributed by atoms with Crippen LogP contribution in [0.15, 0.2) is 115 Å². The van der Waals surface area contributed by atoms with Crippen LogP contribution in [-0.4, -0.2) is 11.6 Å². The fourth-order valence-electron chi connectivity index (χ4n) is 4.75. The summed E-state index contributed by atoms with van der Waals surface area (Å²) in [6.45, 7) is 0. The molecule has 3 nitrogen and oxygen atoms in total. The summed E-state index contributed by atoms with van der Waals surface area (Å²) in [4.78, 5) is 28.4. The molecule has 0 bridgehead atoms. The molecule has 5 aromatic carbocycles. The molecule has 0 unspecified atom stereocenters. The summed E-state index contributed by atoms with van der Waals surface area (Å²) in [6.07, 6.45) is 0. The van der Waals surface area contributed by atoms with Crippen molar-refractivity contribution in [2.45, 2.75) is 0 Å². The number of ketones is 2. The van der Waals surface area contributed by atoms with E-state index in [1.807, 2.05) is 78.9 Å². The minimum Gasteiger partial charge on any atom is -0.310 e. The van der Waals surface area contributed by atoms with E-state index in [9.17, 15) is 9.59 Å². The normalized spacial score (nSPS) is 12.4. The molecule has 156 valence electrons. The number of para-hydroxylation sites is 2. The average molecular weight is 425 g/mol. The molecule has 6 rings (SSSR count). The van der Waals surface area contributed by atoms with Crippen molar-refractivity contribution in [2.75, 3.05) is 4.90 Å². The van der Waals surface area contributed by atoms with Crippen molar-refractivity contribution >= 4 is 39.4 Å². The van der Waals surface area contributed by atoms with Gasteiger partial charge >= 0.3 is 0 Å². The summed E-state index contributed by atoms with van der Waals surface area (Å²) in [5, 5.41) is 1.63. The van der Waals surface area contributed by atoms with E-state index in [0.717, 1.165) is 39.0 Å². The molecule has 1 aliphatic rings. The highest BCUT2D eigenvalue weighted by Crippen LogP contribution is 2.47. The molecule has 0 atom stereocenters. The van der Waals surface area contributed by atoms with E-state index in [4.69, 9.17) is 0 Å². The van der Waals surface area contributed by atoms with Gasteiger partial charge in [0.05, 0.1) is 5.69 Å². The first-order chi connectivity index (χ1) is 16.2. The van der Waals surface area contributed by atoms with Gasteiger partial charge < -0.3 is 4.90 Å². The van der Waals surface area contributed by atoms with Crippen molar-refractivity contribution < 1.29 is 9.59 Å². The average Bonchev–Trinajstić information content (AvgIpc) is 3.13. The van der Waals surface area contributed by atoms with Gasteiger partial charge in [-0.15, -0.1) is 0 Å². The number of Topliss-reactive ketones (excluding diaryl/α,β-unsaturated/α-hetero) is 2. The van der Waals surface area contributed by atoms with Gasteiger partial charge in [-0.05, 0) is 41.3 Å². The Balaban J connectivity index is 1.77. The predicted molar refractivity (Wildman–Crippen MR) is 133 cm³/mol. The summed E-state index contributed by atoms with van der Waals surface area (Å²) in [5.74, 6) is -0.876. The molecule has 0 N–H and O–H groups in total. The maximum Gasteiger partial charge on any atom is 0.234 e. The van der Waals surface area contributed by atoms with Crippen molar-refractivity contribution in [3.05, 3.63) is 126 Å². The van der Waals surface area contributed by atoms with Crippen LogP contribution in [-0.2, 0) is 0 Å². The maximum absolute atomic E-state index is 13.4. The molecule has 0 amide bonds. The first-order valence-corrected chi connectivity index (χ1v) is 10.9. The zero-order valence-electron chi connectivity index (χ0n) is 17.7. The quantitative estimate of drug-likeness (QED) is 0.282. The molecule has 0 saturated heterocycles. The molecule has 0 fully saturated rings. The topological polar surface area (TPSA) is 37.4 Å². The van der Waals surface area contributed by atoms with Gasteiger partial charge in [0.15, 0.2) is 0 Å². The lowest BCUT2D eigenvalue weighted by Crippen LogP contribution is -2.13. The lowest BCUT2D eigenvalue weighted by atomic mass is 9.92. The first kappa shape index (κ1) is 19.2. The molecule has 0 radical (unpaired) electrons. The van der Waals surface area contributed by atoms with Gasteiger partial charge in [-0.2, -0.15) is 0 Å². The van der Waals surface area contributed by atoms with Crippen LogP contribution in [0.25, 0.3) is 21.9 Å². The van der Waals surface area contributed by atoms with Crippen LogP contribution in [0.2, 0.25) is 0 Å². The summed E-state index contributed by atoms with van der Waals surface area (Å²) >= 11 is 0. The number of hydrogen-bond acceptors (Lipinski definition) is 3. The van der Waals surface area contributed by atoms with Gasteiger partial charge in [-0.1, -0.05) is 84.9 Å². The zero-order chi connectivity index (χ0) is 22.4. The van der Waals surface area contributed by atoms with E-state index in [0.29, 0.717) is 11.1 Å². The molecule has 5 aromatic rings. The second kappa shape index (κ2) is 7.57. The lowest BCUT2D eigenvalue weighted by Gasteiger charge is -2.29. The third-order valence-electron chi connectivity index (χ3n) is 6.16. The number of nitrogens with zero attached hydrogens (tertiary/aromatic N) is 1. The summed E-state index contributed by atoms with van der Waals surface area (Å²) in [6, 6.07) is 37.7. The summed E-state index contributed by atoms with van der Waals surface area (Å²) in [7, 11) is 0. The van der Waals surface area contributed by atoms with Crippen LogP contribution in [0.1, 0.15) is 20.7 Å². The molecule has 0 spiro atoms. The van der Waals surface area contributed by atoms with Crippen LogP contribution in [0, 0.1) is 0 Å².